The van der Waals surface area contributed by atoms with Gasteiger partial charge < -0.3 is 9.84 Å². The van der Waals surface area contributed by atoms with Crippen LogP contribution in [0.5, 0.6) is 5.75 Å². The number of benzene rings is 2. The minimum absolute atomic E-state index is 0.0749. The van der Waals surface area contributed by atoms with Gasteiger partial charge in [0.1, 0.15) is 12.4 Å². The molecule has 6 heteroatoms. The van der Waals surface area contributed by atoms with E-state index in [1.54, 1.807) is 0 Å². The Hall–Kier alpha value is -2.89. The fourth-order valence-corrected chi connectivity index (χ4v) is 1.92. The molecule has 2 rings (SSSR count). The van der Waals surface area contributed by atoms with Crippen molar-refractivity contribution in [1.29, 1.82) is 0 Å². The summed E-state index contributed by atoms with van der Waals surface area (Å²) in [5.74, 6) is -0.927. The molecule has 0 atom stereocenters. The second kappa shape index (κ2) is 6.51. The molecule has 2 aromatic carbocycles. The first kappa shape index (κ1) is 14.5. The monoisotopic (exact) mass is 287 g/mol. The lowest BCUT2D eigenvalue weighted by Crippen LogP contribution is -2.07. The smallest absolute Gasteiger partial charge is 0.308 e. The summed E-state index contributed by atoms with van der Waals surface area (Å²) in [7, 11) is 0. The zero-order valence-electron chi connectivity index (χ0n) is 11.1. The molecule has 21 heavy (non-hydrogen) atoms. The van der Waals surface area contributed by atoms with Crippen LogP contribution in [0.25, 0.3) is 0 Å². The van der Waals surface area contributed by atoms with Gasteiger partial charge in [-0.2, -0.15) is 0 Å². The van der Waals surface area contributed by atoms with E-state index in [4.69, 9.17) is 9.84 Å². The van der Waals surface area contributed by atoms with Crippen LogP contribution >= 0.6 is 0 Å². The molecule has 0 bridgehead atoms. The van der Waals surface area contributed by atoms with E-state index in [-0.39, 0.29) is 23.6 Å². The number of hydrogen-bond acceptors (Lipinski definition) is 4. The van der Waals surface area contributed by atoms with Crippen LogP contribution in [0.15, 0.2) is 48.5 Å². The van der Waals surface area contributed by atoms with Crippen LogP contribution in [0.4, 0.5) is 5.69 Å². The van der Waals surface area contributed by atoms with E-state index in [1.165, 1.54) is 18.2 Å². The lowest BCUT2D eigenvalue weighted by Gasteiger charge is -2.10. The summed E-state index contributed by atoms with van der Waals surface area (Å²) in [6, 6.07) is 13.6. The topological polar surface area (TPSA) is 89.7 Å². The van der Waals surface area contributed by atoms with Gasteiger partial charge >= 0.3 is 5.97 Å². The van der Waals surface area contributed by atoms with Crippen LogP contribution in [-0.2, 0) is 17.8 Å². The molecule has 0 aliphatic heterocycles. The first-order valence-electron chi connectivity index (χ1n) is 6.22. The first-order valence-corrected chi connectivity index (χ1v) is 6.22. The number of carbonyl (C=O) groups is 1. The molecule has 0 saturated carbocycles. The van der Waals surface area contributed by atoms with Gasteiger partial charge in [0.2, 0.25) is 0 Å². The van der Waals surface area contributed by atoms with Crippen LogP contribution in [0.1, 0.15) is 11.1 Å². The van der Waals surface area contributed by atoms with Crippen molar-refractivity contribution in [2.75, 3.05) is 0 Å². The van der Waals surface area contributed by atoms with Crippen LogP contribution in [0, 0.1) is 10.1 Å². The van der Waals surface area contributed by atoms with Crippen molar-refractivity contribution in [3.8, 4) is 5.75 Å². The lowest BCUT2D eigenvalue weighted by atomic mass is 10.1. The highest BCUT2D eigenvalue weighted by atomic mass is 16.6. The molecule has 2 aromatic rings. The molecule has 0 fully saturated rings. The Balaban J connectivity index is 2.27. The quantitative estimate of drug-likeness (QED) is 0.651. The maximum absolute atomic E-state index is 11.0. The third-order valence-corrected chi connectivity index (χ3v) is 2.87. The Bertz CT molecular complexity index is 654. The summed E-state index contributed by atoms with van der Waals surface area (Å²) in [6.45, 7) is 0.217. The predicted molar refractivity (Wildman–Crippen MR) is 75.2 cm³/mol. The van der Waals surface area contributed by atoms with Crippen molar-refractivity contribution in [2.45, 2.75) is 13.0 Å². The Morgan fingerprint density at radius 3 is 2.48 bits per heavy atom. The summed E-state index contributed by atoms with van der Waals surface area (Å²) in [6.07, 6.45) is -0.457. The second-order valence-electron chi connectivity index (χ2n) is 4.36. The van der Waals surface area contributed by atoms with E-state index in [0.717, 1.165) is 5.56 Å². The average Bonchev–Trinajstić information content (AvgIpc) is 2.46. The summed E-state index contributed by atoms with van der Waals surface area (Å²) in [5, 5.41) is 19.9. The van der Waals surface area contributed by atoms with Gasteiger partial charge in [0.25, 0.3) is 5.69 Å². The maximum Gasteiger partial charge on any atom is 0.308 e. The standard InChI is InChI=1S/C15H13NO5/c17-15(18)9-12-13(16(19)20)7-4-8-14(12)21-10-11-5-2-1-3-6-11/h1-8H,9-10H2,(H,17,18). The van der Waals surface area contributed by atoms with E-state index >= 15 is 0 Å². The molecule has 0 spiro atoms. The largest absolute Gasteiger partial charge is 0.488 e. The highest BCUT2D eigenvalue weighted by molar-refractivity contribution is 5.73. The van der Waals surface area contributed by atoms with Crippen molar-refractivity contribution >= 4 is 11.7 Å². The van der Waals surface area contributed by atoms with Gasteiger partial charge in [0.05, 0.1) is 16.9 Å². The van der Waals surface area contributed by atoms with E-state index in [0.29, 0.717) is 0 Å². The fraction of sp³-hybridized carbons (Fsp3) is 0.133. The Morgan fingerprint density at radius 1 is 1.14 bits per heavy atom. The number of rotatable bonds is 6. The van der Waals surface area contributed by atoms with E-state index in [1.807, 2.05) is 30.3 Å². The van der Waals surface area contributed by atoms with Crippen LogP contribution in [0.3, 0.4) is 0 Å². The number of ether oxygens (including phenoxy) is 1. The second-order valence-corrected chi connectivity index (χ2v) is 4.36. The molecular weight excluding hydrogens is 274 g/mol. The van der Waals surface area contributed by atoms with Gasteiger partial charge in [0, 0.05) is 6.07 Å². The molecule has 108 valence electrons. The maximum atomic E-state index is 11.0. The van der Waals surface area contributed by atoms with Gasteiger partial charge in [-0.15, -0.1) is 0 Å². The Kier molecular flexibility index (Phi) is 4.50. The van der Waals surface area contributed by atoms with Crippen molar-refractivity contribution < 1.29 is 19.6 Å². The van der Waals surface area contributed by atoms with Crippen molar-refractivity contribution in [3.05, 3.63) is 69.8 Å². The highest BCUT2D eigenvalue weighted by Gasteiger charge is 2.20. The fourth-order valence-electron chi connectivity index (χ4n) is 1.92. The summed E-state index contributed by atoms with van der Waals surface area (Å²) >= 11 is 0. The number of carboxylic acids is 1. The zero-order valence-corrected chi connectivity index (χ0v) is 11.1. The molecule has 0 heterocycles. The summed E-state index contributed by atoms with van der Waals surface area (Å²) < 4.78 is 5.55. The van der Waals surface area contributed by atoms with E-state index in [9.17, 15) is 14.9 Å². The molecule has 0 radical (unpaired) electrons. The van der Waals surface area contributed by atoms with Crippen molar-refractivity contribution in [1.82, 2.24) is 0 Å². The highest BCUT2D eigenvalue weighted by Crippen LogP contribution is 2.29. The molecule has 0 amide bonds. The molecule has 0 saturated heterocycles. The van der Waals surface area contributed by atoms with Gasteiger partial charge in [-0.1, -0.05) is 36.4 Å². The molecule has 0 aromatic heterocycles. The van der Waals surface area contributed by atoms with Crippen LogP contribution in [-0.4, -0.2) is 16.0 Å². The molecular formula is C15H13NO5. The van der Waals surface area contributed by atoms with Crippen LogP contribution in [0.2, 0.25) is 0 Å². The van der Waals surface area contributed by atoms with Crippen molar-refractivity contribution in [2.24, 2.45) is 0 Å². The van der Waals surface area contributed by atoms with Gasteiger partial charge in [-0.05, 0) is 11.6 Å². The SMILES string of the molecule is O=C(O)Cc1c(OCc2ccccc2)cccc1[N+](=O)[O-]. The van der Waals surface area contributed by atoms with Gasteiger partial charge in [0.15, 0.2) is 0 Å². The van der Waals surface area contributed by atoms with E-state index < -0.39 is 17.3 Å². The van der Waals surface area contributed by atoms with Gasteiger partial charge in [-0.3, -0.25) is 14.9 Å². The zero-order chi connectivity index (χ0) is 15.2. The summed E-state index contributed by atoms with van der Waals surface area (Å²) in [4.78, 5) is 21.3. The molecule has 0 aliphatic rings. The predicted octanol–water partition coefficient (Wildman–Crippen LogP) is 2.80. The number of nitro groups is 1. The average molecular weight is 287 g/mol. The summed E-state index contributed by atoms with van der Waals surface area (Å²) in [5.41, 5.74) is 0.721. The number of aliphatic carboxylic acids is 1. The molecule has 6 nitrogen and oxygen atoms in total. The molecule has 0 aliphatic carbocycles. The van der Waals surface area contributed by atoms with Gasteiger partial charge in [-0.25, -0.2) is 0 Å². The lowest BCUT2D eigenvalue weighted by molar-refractivity contribution is -0.385. The normalized spacial score (nSPS) is 10.1. The Labute approximate surface area is 120 Å². The number of nitrogens with zero attached hydrogens (tertiary/aromatic N) is 1. The number of hydrogen-bond donors (Lipinski definition) is 1. The third-order valence-electron chi connectivity index (χ3n) is 2.87. The molecule has 1 N–H and O–H groups in total. The third kappa shape index (κ3) is 3.79. The van der Waals surface area contributed by atoms with Crippen LogP contribution < -0.4 is 4.74 Å². The number of carboxylic acid groups (broad SMARTS) is 1. The minimum Gasteiger partial charge on any atom is -0.488 e. The minimum atomic E-state index is -1.14. The Morgan fingerprint density at radius 2 is 1.86 bits per heavy atom. The van der Waals surface area contributed by atoms with E-state index in [2.05, 4.69) is 0 Å². The first-order chi connectivity index (χ1) is 10.1. The number of nitro benzene ring substituents is 1. The van der Waals surface area contributed by atoms with Crippen molar-refractivity contribution in [3.63, 3.8) is 0 Å². The molecule has 0 unspecified atom stereocenters.